The summed E-state index contributed by atoms with van der Waals surface area (Å²) >= 11 is 1.84. The second-order valence-corrected chi connectivity index (χ2v) is 12.2. The molecule has 0 amide bonds. The van der Waals surface area contributed by atoms with Gasteiger partial charge in [-0.05, 0) is 55.0 Å². The third kappa shape index (κ3) is 8.80. The molecular weight excluding hydrogens is 705 g/mol. The van der Waals surface area contributed by atoms with E-state index in [1.165, 1.54) is 37.4 Å². The van der Waals surface area contributed by atoms with Crippen LogP contribution in [0.4, 0.5) is 0 Å². The zero-order valence-electron chi connectivity index (χ0n) is 25.8. The van der Waals surface area contributed by atoms with E-state index in [9.17, 15) is 9.90 Å². The maximum absolute atomic E-state index is 11.7. The van der Waals surface area contributed by atoms with Crippen LogP contribution < -0.4 is 0 Å². The summed E-state index contributed by atoms with van der Waals surface area (Å²) in [5.74, 6) is 1.16. The van der Waals surface area contributed by atoms with Crippen LogP contribution in [0.15, 0.2) is 48.6 Å². The molecule has 1 N–H and O–H groups in total. The first kappa shape index (κ1) is 34.8. The van der Waals surface area contributed by atoms with Gasteiger partial charge in [0.15, 0.2) is 5.78 Å². The number of carbonyl (C=O) groups is 1. The van der Waals surface area contributed by atoms with Crippen LogP contribution in [-0.4, -0.2) is 20.9 Å². The summed E-state index contributed by atoms with van der Waals surface area (Å²) in [5, 5.41) is 12.2. The summed E-state index contributed by atoms with van der Waals surface area (Å²) in [6, 6.07) is 9.91. The Labute approximate surface area is 264 Å². The number of thiophene rings is 1. The number of aliphatic hydroxyl groups excluding tert-OH is 1. The number of carbonyl (C=O) groups excluding carboxylic acids is 1. The van der Waals surface area contributed by atoms with Crippen LogP contribution in [0.1, 0.15) is 83.9 Å². The van der Waals surface area contributed by atoms with Gasteiger partial charge in [0.2, 0.25) is 0 Å². The molecule has 0 aliphatic heterocycles. The SMILES string of the molecule is CCC(CC)C(=O)/C=C(\O)C(CC)CC.Cc1[c-]c(-c2nccc3c2sc2c(CC(C)C)cncc23)cc(C)c1.[Ir]. The van der Waals surface area contributed by atoms with Gasteiger partial charge in [-0.2, -0.15) is 0 Å². The minimum Gasteiger partial charge on any atom is -0.512 e. The van der Waals surface area contributed by atoms with Gasteiger partial charge in [-0.3, -0.25) is 9.78 Å². The summed E-state index contributed by atoms with van der Waals surface area (Å²) in [6.07, 6.45) is 11.9. The zero-order chi connectivity index (χ0) is 29.4. The molecule has 1 aromatic carbocycles. The monoisotopic (exact) mass is 750 g/mol. The molecule has 0 spiro atoms. The third-order valence-electron chi connectivity index (χ3n) is 7.48. The standard InChI is InChI=1S/C22H21N2S.C13H24O2.Ir/c1-13(2)7-17-11-23-12-19-18-5-6-24-20(22(18)25-21(17)19)16-9-14(3)8-15(4)10-16;1-5-10(6-2)12(14)9-13(15)11(7-3)8-4;/h5-6,8-9,11-13H,7H2,1-4H3;9-11,14H,5-8H2,1-4H3;/q-1;;/b;12-9-;. The van der Waals surface area contributed by atoms with Gasteiger partial charge in [-0.25, -0.2) is 0 Å². The van der Waals surface area contributed by atoms with E-state index in [0.29, 0.717) is 5.92 Å². The number of hydrogen-bond acceptors (Lipinski definition) is 5. The molecule has 41 heavy (non-hydrogen) atoms. The van der Waals surface area contributed by atoms with Crippen molar-refractivity contribution in [1.82, 2.24) is 9.97 Å². The normalized spacial score (nSPS) is 11.7. The van der Waals surface area contributed by atoms with Crippen molar-refractivity contribution in [2.45, 2.75) is 87.5 Å². The molecule has 0 atom stereocenters. The van der Waals surface area contributed by atoms with Crippen molar-refractivity contribution in [2.75, 3.05) is 0 Å². The van der Waals surface area contributed by atoms with E-state index in [2.05, 4.69) is 56.9 Å². The number of fused-ring (bicyclic) bond motifs is 3. The first-order valence-corrected chi connectivity index (χ1v) is 15.5. The van der Waals surface area contributed by atoms with Gasteiger partial charge >= 0.3 is 0 Å². The van der Waals surface area contributed by atoms with Crippen molar-refractivity contribution >= 4 is 37.3 Å². The van der Waals surface area contributed by atoms with Crippen LogP contribution in [0.3, 0.4) is 0 Å². The number of aromatic nitrogens is 2. The number of hydrogen-bond donors (Lipinski definition) is 1. The predicted molar refractivity (Wildman–Crippen MR) is 171 cm³/mol. The minimum atomic E-state index is 0. The van der Waals surface area contributed by atoms with Crippen molar-refractivity contribution in [2.24, 2.45) is 17.8 Å². The largest absolute Gasteiger partial charge is 0.512 e. The number of nitrogens with zero attached hydrogens (tertiary/aromatic N) is 2. The Morgan fingerprint density at radius 2 is 1.63 bits per heavy atom. The second kappa shape index (κ2) is 16.3. The molecule has 0 aliphatic rings. The van der Waals surface area contributed by atoms with Gasteiger partial charge in [0.05, 0.1) is 5.76 Å². The maximum atomic E-state index is 11.7. The van der Waals surface area contributed by atoms with E-state index < -0.39 is 0 Å². The van der Waals surface area contributed by atoms with Crippen LogP contribution in [0, 0.1) is 37.7 Å². The molecule has 4 nitrogen and oxygen atoms in total. The number of pyridine rings is 2. The summed E-state index contributed by atoms with van der Waals surface area (Å²) in [5.41, 5.74) is 5.84. The predicted octanol–water partition coefficient (Wildman–Crippen LogP) is 9.99. The summed E-state index contributed by atoms with van der Waals surface area (Å²) in [6.45, 7) is 16.8. The van der Waals surface area contributed by atoms with E-state index in [-0.39, 0.29) is 43.5 Å². The summed E-state index contributed by atoms with van der Waals surface area (Å²) in [7, 11) is 0. The molecule has 0 aliphatic carbocycles. The molecule has 1 radical (unpaired) electrons. The quantitative estimate of drug-likeness (QED) is 0.0997. The van der Waals surface area contributed by atoms with E-state index in [4.69, 9.17) is 4.98 Å². The van der Waals surface area contributed by atoms with Crippen molar-refractivity contribution in [1.29, 1.82) is 0 Å². The zero-order valence-corrected chi connectivity index (χ0v) is 29.0. The number of aryl methyl sites for hydroxylation is 2. The molecule has 0 bridgehead atoms. The average Bonchev–Trinajstić information content (AvgIpc) is 3.29. The van der Waals surface area contributed by atoms with Crippen molar-refractivity contribution in [3.05, 3.63) is 71.4 Å². The molecule has 6 heteroatoms. The molecule has 0 fully saturated rings. The molecule has 4 rings (SSSR count). The number of ketones is 1. The Balaban J connectivity index is 0.000000320. The Morgan fingerprint density at radius 3 is 2.22 bits per heavy atom. The van der Waals surface area contributed by atoms with Crippen molar-refractivity contribution in [3.8, 4) is 11.3 Å². The Bertz CT molecular complexity index is 1450. The molecule has 4 aromatic rings. The van der Waals surface area contributed by atoms with Crippen LogP contribution in [0.25, 0.3) is 31.4 Å². The van der Waals surface area contributed by atoms with E-state index in [1.807, 2.05) is 57.6 Å². The Hall–Kier alpha value is -2.40. The van der Waals surface area contributed by atoms with E-state index in [1.54, 1.807) is 0 Å². The van der Waals surface area contributed by atoms with Crippen LogP contribution in [0.5, 0.6) is 0 Å². The number of benzene rings is 1. The smallest absolute Gasteiger partial charge is 0.162 e. The molecule has 0 unspecified atom stereocenters. The van der Waals surface area contributed by atoms with Crippen LogP contribution >= 0.6 is 11.3 Å². The maximum Gasteiger partial charge on any atom is 0.162 e. The third-order valence-corrected chi connectivity index (χ3v) is 8.79. The van der Waals surface area contributed by atoms with Crippen LogP contribution in [0.2, 0.25) is 0 Å². The van der Waals surface area contributed by atoms with E-state index in [0.717, 1.165) is 48.9 Å². The fourth-order valence-corrected chi connectivity index (χ4v) is 6.54. The Kier molecular flexibility index (Phi) is 13.8. The first-order valence-electron chi connectivity index (χ1n) is 14.7. The van der Waals surface area contributed by atoms with Crippen molar-refractivity contribution in [3.63, 3.8) is 0 Å². The topological polar surface area (TPSA) is 63.1 Å². The molecule has 3 heterocycles. The molecule has 0 saturated heterocycles. The van der Waals surface area contributed by atoms with Gasteiger partial charge in [-0.1, -0.05) is 55.4 Å². The van der Waals surface area contributed by atoms with Gasteiger partial charge in [0.1, 0.15) is 0 Å². The average molecular weight is 750 g/mol. The number of allylic oxidation sites excluding steroid dienone is 2. The van der Waals surface area contributed by atoms with Gasteiger partial charge in [0.25, 0.3) is 0 Å². The van der Waals surface area contributed by atoms with Crippen LogP contribution in [-0.2, 0) is 31.3 Å². The van der Waals surface area contributed by atoms with Gasteiger partial charge in [0, 0.05) is 77.1 Å². The molecule has 0 saturated carbocycles. The fraction of sp³-hybridized carbons (Fsp3) is 0.457. The molecular formula is C35H45IrN2O2S-. The molecule has 3 aromatic heterocycles. The first-order chi connectivity index (χ1) is 19.1. The second-order valence-electron chi connectivity index (χ2n) is 11.2. The summed E-state index contributed by atoms with van der Waals surface area (Å²) in [4.78, 5) is 20.9. The van der Waals surface area contributed by atoms with E-state index >= 15 is 0 Å². The fourth-order valence-electron chi connectivity index (χ4n) is 5.25. The Morgan fingerprint density at radius 1 is 0.976 bits per heavy atom. The summed E-state index contributed by atoms with van der Waals surface area (Å²) < 4.78 is 2.58. The molecule has 223 valence electrons. The van der Waals surface area contributed by atoms with Crippen molar-refractivity contribution < 1.29 is 30.0 Å². The van der Waals surface area contributed by atoms with Gasteiger partial charge in [-0.15, -0.1) is 46.2 Å². The van der Waals surface area contributed by atoms with Gasteiger partial charge < -0.3 is 10.1 Å². The number of aliphatic hydroxyl groups is 1. The number of rotatable bonds is 10. The minimum absolute atomic E-state index is 0.